The summed E-state index contributed by atoms with van der Waals surface area (Å²) in [5.41, 5.74) is 0.238. The molecule has 1 aliphatic carbocycles. The highest BCUT2D eigenvalue weighted by atomic mass is 19.3. The zero-order valence-corrected chi connectivity index (χ0v) is 8.00. The highest BCUT2D eigenvalue weighted by molar-refractivity contribution is 4.86. The van der Waals surface area contributed by atoms with E-state index in [4.69, 9.17) is 0 Å². The fraction of sp³-hybridized carbons (Fsp3) is 1.00. The van der Waals surface area contributed by atoms with E-state index >= 15 is 0 Å². The van der Waals surface area contributed by atoms with Gasteiger partial charge in [0.2, 0.25) is 5.92 Å². The molecule has 0 aromatic heterocycles. The van der Waals surface area contributed by atoms with Crippen molar-refractivity contribution in [3.8, 4) is 0 Å². The monoisotopic (exact) mass is 176 g/mol. The highest BCUT2D eigenvalue weighted by Gasteiger charge is 2.41. The molecule has 0 atom stereocenters. The van der Waals surface area contributed by atoms with Gasteiger partial charge in [0.15, 0.2) is 0 Å². The van der Waals surface area contributed by atoms with Crippen LogP contribution in [0.25, 0.3) is 0 Å². The Morgan fingerprint density at radius 1 is 0.917 bits per heavy atom. The van der Waals surface area contributed by atoms with Gasteiger partial charge in [-0.05, 0) is 18.3 Å². The molecular formula is C10H18F2. The Hall–Kier alpha value is -0.140. The fourth-order valence-electron chi connectivity index (χ4n) is 2.10. The van der Waals surface area contributed by atoms with Crippen molar-refractivity contribution in [2.45, 2.75) is 58.3 Å². The van der Waals surface area contributed by atoms with E-state index < -0.39 is 5.92 Å². The van der Waals surface area contributed by atoms with Crippen LogP contribution in [0.3, 0.4) is 0 Å². The van der Waals surface area contributed by atoms with Gasteiger partial charge < -0.3 is 0 Å². The lowest BCUT2D eigenvalue weighted by Crippen LogP contribution is -2.32. The van der Waals surface area contributed by atoms with Gasteiger partial charge in [0.25, 0.3) is 0 Å². The van der Waals surface area contributed by atoms with Crippen molar-refractivity contribution < 1.29 is 8.78 Å². The zero-order chi connectivity index (χ0) is 9.24. The van der Waals surface area contributed by atoms with Crippen LogP contribution in [0.4, 0.5) is 8.78 Å². The second kappa shape index (κ2) is 3.31. The van der Waals surface area contributed by atoms with E-state index in [1.165, 1.54) is 0 Å². The largest absolute Gasteiger partial charge is 0.248 e. The first-order valence-corrected chi connectivity index (χ1v) is 4.91. The molecule has 12 heavy (non-hydrogen) atoms. The first kappa shape index (κ1) is 9.94. The molecule has 72 valence electrons. The lowest BCUT2D eigenvalue weighted by atomic mass is 9.69. The van der Waals surface area contributed by atoms with Gasteiger partial charge in [-0.1, -0.05) is 26.7 Å². The number of hydrogen-bond acceptors (Lipinski definition) is 0. The van der Waals surface area contributed by atoms with Crippen molar-refractivity contribution in [1.82, 2.24) is 0 Å². The van der Waals surface area contributed by atoms with Crippen LogP contribution in [0.5, 0.6) is 0 Å². The summed E-state index contributed by atoms with van der Waals surface area (Å²) in [6.07, 6.45) is 3.75. The molecule has 1 fully saturated rings. The second-order valence-corrected chi connectivity index (χ2v) is 4.06. The smallest absolute Gasteiger partial charge is 0.207 e. The highest BCUT2D eigenvalue weighted by Crippen LogP contribution is 2.47. The molecule has 0 bridgehead atoms. The molecule has 1 aliphatic rings. The minimum atomic E-state index is -2.37. The Labute approximate surface area is 73.3 Å². The van der Waals surface area contributed by atoms with Crippen molar-refractivity contribution in [1.29, 1.82) is 0 Å². The molecular weight excluding hydrogens is 158 g/mol. The van der Waals surface area contributed by atoms with Gasteiger partial charge in [0.05, 0.1) is 0 Å². The molecule has 1 rings (SSSR count). The maximum absolute atomic E-state index is 12.8. The van der Waals surface area contributed by atoms with Crippen LogP contribution in [-0.4, -0.2) is 5.92 Å². The molecule has 0 amide bonds. The lowest BCUT2D eigenvalue weighted by Gasteiger charge is -2.38. The predicted molar refractivity (Wildman–Crippen MR) is 46.4 cm³/mol. The maximum atomic E-state index is 12.8. The van der Waals surface area contributed by atoms with Gasteiger partial charge in [-0.15, -0.1) is 0 Å². The topological polar surface area (TPSA) is 0 Å². The van der Waals surface area contributed by atoms with Crippen LogP contribution in [0.15, 0.2) is 0 Å². The summed E-state index contributed by atoms with van der Waals surface area (Å²) in [4.78, 5) is 0. The Morgan fingerprint density at radius 3 is 1.67 bits per heavy atom. The standard InChI is InChI=1S/C10H18F2/c1-3-9(4-2)5-7-10(11,12)8-6-9/h3-8H2,1-2H3. The Kier molecular flexibility index (Phi) is 2.74. The summed E-state index contributed by atoms with van der Waals surface area (Å²) < 4.78 is 25.6. The SMILES string of the molecule is CCC1(CC)CCC(F)(F)CC1. The minimum absolute atomic E-state index is 0.106. The summed E-state index contributed by atoms with van der Waals surface area (Å²) in [6.45, 7) is 4.24. The molecule has 0 aromatic rings. The molecule has 0 unspecified atom stereocenters. The molecule has 0 aliphatic heterocycles. The first-order chi connectivity index (χ1) is 5.54. The lowest BCUT2D eigenvalue weighted by molar-refractivity contribution is -0.0688. The number of alkyl halides is 2. The minimum Gasteiger partial charge on any atom is -0.207 e. The second-order valence-electron chi connectivity index (χ2n) is 4.06. The molecule has 0 heterocycles. The van der Waals surface area contributed by atoms with Gasteiger partial charge >= 0.3 is 0 Å². The first-order valence-electron chi connectivity index (χ1n) is 4.91. The Balaban J connectivity index is 2.53. The van der Waals surface area contributed by atoms with Gasteiger partial charge in [0.1, 0.15) is 0 Å². The van der Waals surface area contributed by atoms with Crippen molar-refractivity contribution >= 4 is 0 Å². The van der Waals surface area contributed by atoms with E-state index in [0.717, 1.165) is 12.8 Å². The molecule has 0 radical (unpaired) electrons. The third-order valence-corrected chi connectivity index (χ3v) is 3.54. The van der Waals surface area contributed by atoms with Crippen LogP contribution >= 0.6 is 0 Å². The molecule has 0 spiro atoms. The van der Waals surface area contributed by atoms with Crippen molar-refractivity contribution in [2.75, 3.05) is 0 Å². The van der Waals surface area contributed by atoms with Gasteiger partial charge in [-0.2, -0.15) is 0 Å². The molecule has 0 N–H and O–H groups in total. The maximum Gasteiger partial charge on any atom is 0.248 e. The van der Waals surface area contributed by atoms with Crippen LogP contribution in [0.1, 0.15) is 52.4 Å². The van der Waals surface area contributed by atoms with Crippen LogP contribution < -0.4 is 0 Å². The van der Waals surface area contributed by atoms with E-state index in [1.54, 1.807) is 0 Å². The summed E-state index contributed by atoms with van der Waals surface area (Å²) in [5, 5.41) is 0. The average Bonchev–Trinajstić information content (AvgIpc) is 2.06. The molecule has 2 heteroatoms. The van der Waals surface area contributed by atoms with E-state index in [1.807, 2.05) is 0 Å². The quantitative estimate of drug-likeness (QED) is 0.596. The van der Waals surface area contributed by atoms with Crippen molar-refractivity contribution in [3.63, 3.8) is 0 Å². The van der Waals surface area contributed by atoms with E-state index in [9.17, 15) is 8.78 Å². The fourth-order valence-corrected chi connectivity index (χ4v) is 2.10. The zero-order valence-electron chi connectivity index (χ0n) is 8.00. The molecule has 1 saturated carbocycles. The third-order valence-electron chi connectivity index (χ3n) is 3.54. The van der Waals surface area contributed by atoms with E-state index in [0.29, 0.717) is 12.8 Å². The number of hydrogen-bond donors (Lipinski definition) is 0. The van der Waals surface area contributed by atoms with Gasteiger partial charge in [-0.3, -0.25) is 0 Å². The third kappa shape index (κ3) is 1.96. The molecule has 0 nitrogen and oxygen atoms in total. The summed E-state index contributed by atoms with van der Waals surface area (Å²) in [6, 6.07) is 0. The van der Waals surface area contributed by atoms with Gasteiger partial charge in [0, 0.05) is 12.8 Å². The summed E-state index contributed by atoms with van der Waals surface area (Å²) >= 11 is 0. The molecule has 0 aromatic carbocycles. The van der Waals surface area contributed by atoms with E-state index in [-0.39, 0.29) is 18.3 Å². The number of halogens is 2. The Bertz CT molecular complexity index is 136. The molecule has 0 saturated heterocycles. The van der Waals surface area contributed by atoms with Crippen molar-refractivity contribution in [3.05, 3.63) is 0 Å². The van der Waals surface area contributed by atoms with Crippen molar-refractivity contribution in [2.24, 2.45) is 5.41 Å². The van der Waals surface area contributed by atoms with Crippen LogP contribution in [0, 0.1) is 5.41 Å². The van der Waals surface area contributed by atoms with Gasteiger partial charge in [-0.25, -0.2) is 8.78 Å². The average molecular weight is 176 g/mol. The van der Waals surface area contributed by atoms with Crippen LogP contribution in [0.2, 0.25) is 0 Å². The van der Waals surface area contributed by atoms with Crippen LogP contribution in [-0.2, 0) is 0 Å². The normalized spacial score (nSPS) is 27.0. The Morgan fingerprint density at radius 2 is 1.33 bits per heavy atom. The summed E-state index contributed by atoms with van der Waals surface area (Å²) in [7, 11) is 0. The van der Waals surface area contributed by atoms with E-state index in [2.05, 4.69) is 13.8 Å². The number of rotatable bonds is 2. The summed E-state index contributed by atoms with van der Waals surface area (Å²) in [5.74, 6) is -2.37. The predicted octanol–water partition coefficient (Wildman–Crippen LogP) is 4.00.